The van der Waals surface area contributed by atoms with E-state index >= 15 is 0 Å². The number of nitrogens with one attached hydrogen (secondary N) is 1. The van der Waals surface area contributed by atoms with Gasteiger partial charge in [0.1, 0.15) is 5.76 Å². The summed E-state index contributed by atoms with van der Waals surface area (Å²) in [5.74, 6) is -0.0538. The molecule has 0 aliphatic rings. The van der Waals surface area contributed by atoms with Crippen LogP contribution in [0.25, 0.3) is 0 Å². The fourth-order valence-corrected chi connectivity index (χ4v) is 3.85. The molecule has 0 spiro atoms. The van der Waals surface area contributed by atoms with Crippen LogP contribution >= 0.6 is 11.6 Å². The molecule has 3 rings (SSSR count). The van der Waals surface area contributed by atoms with Crippen molar-refractivity contribution < 1.29 is 17.6 Å². The van der Waals surface area contributed by atoms with Crippen LogP contribution < -0.4 is 5.32 Å². The van der Waals surface area contributed by atoms with Crippen LogP contribution in [0.2, 0.25) is 5.02 Å². The number of nitrogens with zero attached hydrogens (tertiary/aromatic N) is 1. The van der Waals surface area contributed by atoms with E-state index in [0.29, 0.717) is 16.5 Å². The molecular formula is C20H19ClN2O4S. The van der Waals surface area contributed by atoms with Crippen LogP contribution in [0, 0.1) is 6.92 Å². The fraction of sp³-hybridized carbons (Fsp3) is 0.150. The number of hydrogen-bond donors (Lipinski definition) is 1. The predicted molar refractivity (Wildman–Crippen MR) is 108 cm³/mol. The first-order valence-corrected chi connectivity index (χ1v) is 10.3. The van der Waals surface area contributed by atoms with Gasteiger partial charge < -0.3 is 9.73 Å². The van der Waals surface area contributed by atoms with E-state index in [1.165, 1.54) is 17.4 Å². The first-order chi connectivity index (χ1) is 13.3. The Kier molecular flexibility index (Phi) is 5.88. The lowest BCUT2D eigenvalue weighted by atomic mass is 10.2. The highest BCUT2D eigenvalue weighted by Crippen LogP contribution is 2.22. The third kappa shape index (κ3) is 4.44. The van der Waals surface area contributed by atoms with Crippen molar-refractivity contribution >= 4 is 33.2 Å². The van der Waals surface area contributed by atoms with E-state index in [1.807, 2.05) is 6.92 Å². The van der Waals surface area contributed by atoms with Gasteiger partial charge in [-0.25, -0.2) is 8.42 Å². The van der Waals surface area contributed by atoms with E-state index < -0.39 is 15.9 Å². The first-order valence-electron chi connectivity index (χ1n) is 8.45. The third-order valence-electron chi connectivity index (χ3n) is 4.12. The summed E-state index contributed by atoms with van der Waals surface area (Å²) in [5.41, 5.74) is 1.44. The van der Waals surface area contributed by atoms with Crippen molar-refractivity contribution in [3.8, 4) is 0 Å². The summed E-state index contributed by atoms with van der Waals surface area (Å²) >= 11 is 6.03. The lowest BCUT2D eigenvalue weighted by Gasteiger charge is -2.16. The van der Waals surface area contributed by atoms with Gasteiger partial charge in [-0.2, -0.15) is 4.31 Å². The second kappa shape index (κ2) is 8.18. The van der Waals surface area contributed by atoms with Gasteiger partial charge in [0.2, 0.25) is 10.0 Å². The van der Waals surface area contributed by atoms with E-state index in [1.54, 1.807) is 54.6 Å². The number of carbonyl (C=O) groups is 1. The maximum absolute atomic E-state index is 12.7. The number of furan rings is 1. The normalized spacial score (nSPS) is 11.6. The Bertz CT molecular complexity index is 1090. The quantitative estimate of drug-likeness (QED) is 0.646. The van der Waals surface area contributed by atoms with E-state index in [0.717, 1.165) is 5.56 Å². The van der Waals surface area contributed by atoms with Crippen LogP contribution in [0.1, 0.15) is 21.9 Å². The highest BCUT2D eigenvalue weighted by atomic mass is 35.5. The molecule has 0 saturated heterocycles. The molecule has 0 radical (unpaired) electrons. The van der Waals surface area contributed by atoms with E-state index in [2.05, 4.69) is 5.32 Å². The maximum Gasteiger partial charge on any atom is 0.291 e. The third-order valence-corrected chi connectivity index (χ3v) is 6.26. The standard InChI is InChI=1S/C20H19ClN2O4S/c1-14-7-10-16(11-8-14)28(25,26)23(2)13-15-9-12-19(27-15)20(24)22-18-6-4-3-5-17(18)21/h3-12H,13H2,1-2H3,(H,22,24). The molecule has 1 aromatic heterocycles. The molecule has 0 bridgehead atoms. The predicted octanol–water partition coefficient (Wildman–Crippen LogP) is 4.31. The monoisotopic (exact) mass is 418 g/mol. The number of anilines is 1. The average Bonchev–Trinajstić information content (AvgIpc) is 3.12. The van der Waals surface area contributed by atoms with Gasteiger partial charge in [0.25, 0.3) is 5.91 Å². The van der Waals surface area contributed by atoms with Gasteiger partial charge in [-0.1, -0.05) is 41.4 Å². The van der Waals surface area contributed by atoms with Gasteiger partial charge in [-0.15, -0.1) is 0 Å². The molecule has 2 aromatic carbocycles. The number of benzene rings is 2. The minimum atomic E-state index is -3.66. The second-order valence-electron chi connectivity index (χ2n) is 6.27. The number of carbonyl (C=O) groups excluding carboxylic acids is 1. The molecule has 0 atom stereocenters. The second-order valence-corrected chi connectivity index (χ2v) is 8.73. The Hall–Kier alpha value is -2.61. The zero-order valence-corrected chi connectivity index (χ0v) is 16.9. The molecule has 0 fully saturated rings. The lowest BCUT2D eigenvalue weighted by molar-refractivity contribution is 0.0994. The number of hydrogen-bond acceptors (Lipinski definition) is 4. The first kappa shape index (κ1) is 20.1. The van der Waals surface area contributed by atoms with Crippen molar-refractivity contribution in [1.82, 2.24) is 4.31 Å². The van der Waals surface area contributed by atoms with Crippen molar-refractivity contribution in [2.24, 2.45) is 0 Å². The van der Waals surface area contributed by atoms with E-state index in [-0.39, 0.29) is 17.2 Å². The zero-order valence-electron chi connectivity index (χ0n) is 15.3. The Morgan fingerprint density at radius 3 is 2.43 bits per heavy atom. The highest BCUT2D eigenvalue weighted by molar-refractivity contribution is 7.89. The maximum atomic E-state index is 12.7. The molecule has 8 heteroatoms. The molecule has 0 unspecified atom stereocenters. The molecule has 28 heavy (non-hydrogen) atoms. The van der Waals surface area contributed by atoms with Crippen molar-refractivity contribution in [2.75, 3.05) is 12.4 Å². The number of sulfonamides is 1. The Morgan fingerprint density at radius 1 is 1.07 bits per heavy atom. The van der Waals surface area contributed by atoms with Gasteiger partial charge in [0, 0.05) is 7.05 Å². The van der Waals surface area contributed by atoms with Crippen molar-refractivity contribution in [1.29, 1.82) is 0 Å². The molecular weight excluding hydrogens is 400 g/mol. The van der Waals surface area contributed by atoms with Crippen LogP contribution in [0.4, 0.5) is 5.69 Å². The molecule has 6 nitrogen and oxygen atoms in total. The fourth-order valence-electron chi connectivity index (χ4n) is 2.53. The molecule has 0 aliphatic heterocycles. The average molecular weight is 419 g/mol. The zero-order chi connectivity index (χ0) is 20.3. The summed E-state index contributed by atoms with van der Waals surface area (Å²) in [7, 11) is -2.20. The van der Waals surface area contributed by atoms with Gasteiger partial charge in [0.05, 0.1) is 22.2 Å². The van der Waals surface area contributed by atoms with E-state index in [4.69, 9.17) is 16.0 Å². The summed E-state index contributed by atoms with van der Waals surface area (Å²) in [4.78, 5) is 12.5. The number of halogens is 1. The molecule has 3 aromatic rings. The molecule has 0 aliphatic carbocycles. The smallest absolute Gasteiger partial charge is 0.291 e. The Morgan fingerprint density at radius 2 is 1.75 bits per heavy atom. The Balaban J connectivity index is 1.71. The van der Waals surface area contributed by atoms with Gasteiger partial charge in [-0.3, -0.25) is 4.79 Å². The summed E-state index contributed by atoms with van der Waals surface area (Å²) in [6.07, 6.45) is 0. The van der Waals surface area contributed by atoms with Crippen molar-refractivity contribution in [3.05, 3.63) is 82.8 Å². The lowest BCUT2D eigenvalue weighted by Crippen LogP contribution is -2.26. The summed E-state index contributed by atoms with van der Waals surface area (Å²) < 4.78 is 32.0. The molecule has 1 N–H and O–H groups in total. The number of para-hydroxylation sites is 1. The van der Waals surface area contributed by atoms with Gasteiger partial charge >= 0.3 is 0 Å². The van der Waals surface area contributed by atoms with Gasteiger partial charge in [-0.05, 0) is 43.3 Å². The summed E-state index contributed by atoms with van der Waals surface area (Å²) in [5, 5.41) is 3.07. The van der Waals surface area contributed by atoms with Crippen LogP contribution in [0.15, 0.2) is 70.0 Å². The van der Waals surface area contributed by atoms with Crippen molar-refractivity contribution in [3.63, 3.8) is 0 Å². The molecule has 1 heterocycles. The van der Waals surface area contributed by atoms with Gasteiger partial charge in [0.15, 0.2) is 5.76 Å². The van der Waals surface area contributed by atoms with Crippen LogP contribution in [-0.2, 0) is 16.6 Å². The number of rotatable bonds is 6. The summed E-state index contributed by atoms with van der Waals surface area (Å²) in [6.45, 7) is 1.88. The molecule has 146 valence electrons. The minimum Gasteiger partial charge on any atom is -0.455 e. The van der Waals surface area contributed by atoms with Crippen LogP contribution in [0.3, 0.4) is 0 Å². The topological polar surface area (TPSA) is 79.6 Å². The molecule has 1 amide bonds. The van der Waals surface area contributed by atoms with Crippen LogP contribution in [0.5, 0.6) is 0 Å². The number of amides is 1. The van der Waals surface area contributed by atoms with E-state index in [9.17, 15) is 13.2 Å². The van der Waals surface area contributed by atoms with Crippen LogP contribution in [-0.4, -0.2) is 25.7 Å². The SMILES string of the molecule is Cc1ccc(S(=O)(=O)N(C)Cc2ccc(C(=O)Nc3ccccc3Cl)o2)cc1. The van der Waals surface area contributed by atoms with Crippen molar-refractivity contribution in [2.45, 2.75) is 18.4 Å². The Labute approximate surface area is 168 Å². The highest BCUT2D eigenvalue weighted by Gasteiger charge is 2.22. The number of aryl methyl sites for hydroxylation is 1. The minimum absolute atomic E-state index is 0.00438. The largest absolute Gasteiger partial charge is 0.455 e. The molecule has 0 saturated carbocycles. The summed E-state index contributed by atoms with van der Waals surface area (Å²) in [6, 6.07) is 16.5.